The van der Waals surface area contributed by atoms with Gasteiger partial charge in [-0.1, -0.05) is 0 Å². The molecule has 1 aromatic rings. The van der Waals surface area contributed by atoms with E-state index in [1.54, 1.807) is 7.11 Å². The molecule has 0 aliphatic carbocycles. The number of methoxy groups -OCH3 is 1. The van der Waals surface area contributed by atoms with Crippen LogP contribution in [0.3, 0.4) is 0 Å². The van der Waals surface area contributed by atoms with Gasteiger partial charge in [-0.05, 0) is 13.0 Å². The van der Waals surface area contributed by atoms with Crippen LogP contribution in [-0.2, 0) is 4.74 Å². The minimum atomic E-state index is -0.290. The molecule has 0 spiro atoms. The molecule has 0 aromatic carbocycles. The van der Waals surface area contributed by atoms with E-state index in [9.17, 15) is 4.39 Å². The average molecular weight is 184 g/mol. The van der Waals surface area contributed by atoms with Gasteiger partial charge in [0.25, 0.3) is 0 Å². The zero-order chi connectivity index (χ0) is 9.68. The summed E-state index contributed by atoms with van der Waals surface area (Å²) in [6.45, 7) is 2.51. The Morgan fingerprint density at radius 2 is 2.46 bits per heavy atom. The molecule has 1 unspecified atom stereocenters. The van der Waals surface area contributed by atoms with E-state index < -0.39 is 0 Å². The maximum absolute atomic E-state index is 12.7. The van der Waals surface area contributed by atoms with Gasteiger partial charge >= 0.3 is 0 Å². The first kappa shape index (κ1) is 9.92. The van der Waals surface area contributed by atoms with E-state index in [0.717, 1.165) is 0 Å². The van der Waals surface area contributed by atoms with Crippen molar-refractivity contribution in [2.75, 3.05) is 19.0 Å². The van der Waals surface area contributed by atoms with E-state index in [1.807, 2.05) is 6.92 Å². The van der Waals surface area contributed by atoms with Crippen molar-refractivity contribution in [1.29, 1.82) is 0 Å². The molecule has 0 saturated carbocycles. The van der Waals surface area contributed by atoms with E-state index in [4.69, 9.17) is 4.74 Å². The fourth-order valence-electron chi connectivity index (χ4n) is 1.03. The van der Waals surface area contributed by atoms with Crippen LogP contribution in [0, 0.1) is 5.82 Å². The van der Waals surface area contributed by atoms with Crippen molar-refractivity contribution in [3.63, 3.8) is 0 Å². The van der Waals surface area contributed by atoms with Crippen LogP contribution >= 0.6 is 0 Å². The van der Waals surface area contributed by atoms with Gasteiger partial charge in [0.1, 0.15) is 11.6 Å². The number of nitrogens with zero attached hydrogens (tertiary/aromatic N) is 1. The third-order valence-corrected chi connectivity index (χ3v) is 1.53. The smallest absolute Gasteiger partial charge is 0.129 e. The highest BCUT2D eigenvalue weighted by atomic mass is 19.1. The fraction of sp³-hybridized carbons (Fsp3) is 0.444. The molecule has 13 heavy (non-hydrogen) atoms. The Morgan fingerprint density at radius 1 is 1.69 bits per heavy atom. The summed E-state index contributed by atoms with van der Waals surface area (Å²) in [7, 11) is 1.62. The van der Waals surface area contributed by atoms with Crippen LogP contribution in [0.5, 0.6) is 0 Å². The van der Waals surface area contributed by atoms with Crippen molar-refractivity contribution in [3.05, 3.63) is 24.1 Å². The molecule has 0 amide bonds. The predicted octanol–water partition coefficient (Wildman–Crippen LogP) is 1.67. The Morgan fingerprint density at radius 3 is 3.08 bits per heavy atom. The molecule has 1 N–H and O–H groups in total. The fourth-order valence-corrected chi connectivity index (χ4v) is 1.03. The number of pyridine rings is 1. The van der Waals surface area contributed by atoms with Crippen LogP contribution in [0.25, 0.3) is 0 Å². The second kappa shape index (κ2) is 4.77. The number of rotatable bonds is 4. The molecule has 0 saturated heterocycles. The van der Waals surface area contributed by atoms with Crippen molar-refractivity contribution in [1.82, 2.24) is 4.98 Å². The Kier molecular flexibility index (Phi) is 3.64. The van der Waals surface area contributed by atoms with Gasteiger partial charge in [-0.3, -0.25) is 0 Å². The number of hydrogen-bond acceptors (Lipinski definition) is 3. The van der Waals surface area contributed by atoms with Crippen LogP contribution in [0.2, 0.25) is 0 Å². The maximum atomic E-state index is 12.7. The summed E-state index contributed by atoms with van der Waals surface area (Å²) >= 11 is 0. The first-order chi connectivity index (χ1) is 6.22. The monoisotopic (exact) mass is 184 g/mol. The lowest BCUT2D eigenvalue weighted by Gasteiger charge is -2.12. The lowest BCUT2D eigenvalue weighted by atomic mass is 10.3. The summed E-state index contributed by atoms with van der Waals surface area (Å²) in [4.78, 5) is 3.96. The molecule has 72 valence electrons. The van der Waals surface area contributed by atoms with Crippen LogP contribution in [0.4, 0.5) is 10.2 Å². The van der Waals surface area contributed by atoms with E-state index >= 15 is 0 Å². The zero-order valence-electron chi connectivity index (χ0n) is 7.75. The molecular weight excluding hydrogens is 171 g/mol. The van der Waals surface area contributed by atoms with E-state index in [1.165, 1.54) is 18.3 Å². The number of hydrogen-bond donors (Lipinski definition) is 1. The second-order valence-corrected chi connectivity index (χ2v) is 2.86. The molecule has 1 rings (SSSR count). The maximum Gasteiger partial charge on any atom is 0.129 e. The van der Waals surface area contributed by atoms with Gasteiger partial charge in [0.15, 0.2) is 0 Å². The molecule has 1 heterocycles. The van der Waals surface area contributed by atoms with Gasteiger partial charge < -0.3 is 10.1 Å². The van der Waals surface area contributed by atoms with Crippen molar-refractivity contribution >= 4 is 5.82 Å². The number of anilines is 1. The molecule has 1 atom stereocenters. The van der Waals surface area contributed by atoms with Gasteiger partial charge in [0.05, 0.1) is 6.61 Å². The van der Waals surface area contributed by atoms with Crippen LogP contribution in [-0.4, -0.2) is 24.7 Å². The van der Waals surface area contributed by atoms with Crippen molar-refractivity contribution in [3.8, 4) is 0 Å². The van der Waals surface area contributed by atoms with Crippen LogP contribution in [0.1, 0.15) is 6.92 Å². The Bertz CT molecular complexity index is 268. The van der Waals surface area contributed by atoms with Gasteiger partial charge in [0.2, 0.25) is 0 Å². The molecule has 0 aliphatic heterocycles. The lowest BCUT2D eigenvalue weighted by Crippen LogP contribution is -2.21. The quantitative estimate of drug-likeness (QED) is 0.772. The summed E-state index contributed by atoms with van der Waals surface area (Å²) in [5.74, 6) is 0.242. The minimum Gasteiger partial charge on any atom is -0.383 e. The first-order valence-corrected chi connectivity index (χ1v) is 4.09. The predicted molar refractivity (Wildman–Crippen MR) is 49.2 cm³/mol. The highest BCUT2D eigenvalue weighted by molar-refractivity contribution is 5.34. The van der Waals surface area contributed by atoms with Crippen molar-refractivity contribution < 1.29 is 9.13 Å². The van der Waals surface area contributed by atoms with Gasteiger partial charge in [0, 0.05) is 25.4 Å². The molecule has 1 aromatic heterocycles. The highest BCUT2D eigenvalue weighted by Gasteiger charge is 2.02. The second-order valence-electron chi connectivity index (χ2n) is 2.86. The topological polar surface area (TPSA) is 34.1 Å². The Balaban J connectivity index is 2.53. The molecule has 0 aliphatic rings. The summed E-state index contributed by atoms with van der Waals surface area (Å²) in [6.07, 6.45) is 1.43. The number of ether oxygens (including phenoxy) is 1. The third-order valence-electron chi connectivity index (χ3n) is 1.53. The Hall–Kier alpha value is -1.16. The van der Waals surface area contributed by atoms with Gasteiger partial charge in [-0.15, -0.1) is 0 Å². The zero-order valence-corrected chi connectivity index (χ0v) is 7.75. The molecule has 4 heteroatoms. The number of aromatic nitrogens is 1. The number of nitrogens with one attached hydrogen (secondary N) is 1. The van der Waals surface area contributed by atoms with E-state index in [-0.39, 0.29) is 11.9 Å². The van der Waals surface area contributed by atoms with Crippen LogP contribution in [0.15, 0.2) is 18.3 Å². The standard InChI is InChI=1S/C9H13FN2O/c1-7(6-13-2)12-9-5-8(10)3-4-11-9/h3-5,7H,6H2,1-2H3,(H,11,12). The third kappa shape index (κ3) is 3.38. The van der Waals surface area contributed by atoms with Gasteiger partial charge in [-0.2, -0.15) is 0 Å². The number of halogens is 1. The summed E-state index contributed by atoms with van der Waals surface area (Å²) in [5.41, 5.74) is 0. The van der Waals surface area contributed by atoms with Gasteiger partial charge in [-0.25, -0.2) is 9.37 Å². The SMILES string of the molecule is COCC(C)Nc1cc(F)ccn1. The van der Waals surface area contributed by atoms with Crippen molar-refractivity contribution in [2.45, 2.75) is 13.0 Å². The molecule has 0 radical (unpaired) electrons. The largest absolute Gasteiger partial charge is 0.383 e. The van der Waals surface area contributed by atoms with Crippen molar-refractivity contribution in [2.24, 2.45) is 0 Å². The summed E-state index contributed by atoms with van der Waals surface area (Å²) in [5, 5.41) is 3.01. The first-order valence-electron chi connectivity index (χ1n) is 4.09. The molecular formula is C9H13FN2O. The van der Waals surface area contributed by atoms with Crippen LogP contribution < -0.4 is 5.32 Å². The van der Waals surface area contributed by atoms with E-state index in [0.29, 0.717) is 12.4 Å². The molecule has 3 nitrogen and oxygen atoms in total. The average Bonchev–Trinajstić information content (AvgIpc) is 2.04. The Labute approximate surface area is 76.9 Å². The molecule has 0 fully saturated rings. The normalized spacial score (nSPS) is 12.5. The molecule has 0 bridgehead atoms. The van der Waals surface area contributed by atoms with E-state index in [2.05, 4.69) is 10.3 Å². The summed E-state index contributed by atoms with van der Waals surface area (Å²) in [6, 6.07) is 2.79. The highest BCUT2D eigenvalue weighted by Crippen LogP contribution is 2.06. The summed E-state index contributed by atoms with van der Waals surface area (Å²) < 4.78 is 17.6. The minimum absolute atomic E-state index is 0.124. The lowest BCUT2D eigenvalue weighted by molar-refractivity contribution is 0.190.